The van der Waals surface area contributed by atoms with Crippen molar-refractivity contribution in [1.29, 1.82) is 0 Å². The molecule has 0 aliphatic carbocycles. The Balaban J connectivity index is 4.80. The van der Waals surface area contributed by atoms with E-state index in [0.717, 1.165) is 0 Å². The van der Waals surface area contributed by atoms with Crippen molar-refractivity contribution in [2.45, 2.75) is 26.8 Å². The van der Waals surface area contributed by atoms with Crippen LogP contribution in [0.25, 0.3) is 0 Å². The third-order valence-corrected chi connectivity index (χ3v) is 4.62. The van der Waals surface area contributed by atoms with E-state index in [9.17, 15) is 14.4 Å². The van der Waals surface area contributed by atoms with Crippen molar-refractivity contribution in [1.82, 2.24) is 0 Å². The summed E-state index contributed by atoms with van der Waals surface area (Å²) in [6, 6.07) is 0.345. The Morgan fingerprint density at radius 2 is 1.73 bits per heavy atom. The van der Waals surface area contributed by atoms with Crippen LogP contribution in [0.4, 0.5) is 0 Å². The molecule has 0 amide bonds. The maximum absolute atomic E-state index is 10.8. The quantitative estimate of drug-likeness (QED) is 0.390. The fourth-order valence-electron chi connectivity index (χ4n) is 1.02. The zero-order valence-corrected chi connectivity index (χ0v) is 9.90. The van der Waals surface area contributed by atoms with Crippen molar-refractivity contribution in [3.8, 4) is 0 Å². The molecule has 0 heterocycles. The normalized spacial score (nSPS) is 10.1. The third kappa shape index (κ3) is 5.09. The topological polar surface area (TPSA) is 82.0 Å². The predicted molar refractivity (Wildman–Crippen MR) is 52.8 cm³/mol. The maximum Gasteiger partial charge on any atom is 0.487 e. The number of carbonyl (C=O) groups is 2. The van der Waals surface area contributed by atoms with Crippen LogP contribution in [0.1, 0.15) is 20.8 Å². The number of rotatable bonds is 5. The number of hydrogen-bond acceptors (Lipinski definition) is 6. The van der Waals surface area contributed by atoms with E-state index < -0.39 is 20.5 Å². The van der Waals surface area contributed by atoms with Crippen molar-refractivity contribution in [3.05, 3.63) is 0 Å². The van der Waals surface area contributed by atoms with E-state index in [4.69, 9.17) is 8.85 Å². The van der Waals surface area contributed by atoms with Gasteiger partial charge in [0.1, 0.15) is 6.17 Å². The summed E-state index contributed by atoms with van der Waals surface area (Å²) in [6.07, 6.45) is 1.23. The first kappa shape index (κ1) is 13.5. The molecule has 0 N–H and O–H groups in total. The van der Waals surface area contributed by atoms with Gasteiger partial charge in [0.2, 0.25) is 6.08 Å². The Morgan fingerprint density at radius 3 is 2.00 bits per heavy atom. The number of aliphatic imine (C=N–C) groups is 1. The SMILES string of the molecule is CC[Si](CN=C=O)(OC(C)=O)OC(C)=O. The molecule has 0 aliphatic heterocycles. The minimum atomic E-state index is -3.04. The highest BCUT2D eigenvalue weighted by atomic mass is 28.4. The summed E-state index contributed by atoms with van der Waals surface area (Å²) in [7, 11) is -3.04. The van der Waals surface area contributed by atoms with Crippen molar-refractivity contribution in [2.75, 3.05) is 6.17 Å². The second kappa shape index (κ2) is 6.10. The Labute approximate surface area is 88.5 Å². The molecule has 7 heteroatoms. The minimum absolute atomic E-state index is 0.105. The molecule has 0 aromatic rings. The van der Waals surface area contributed by atoms with Crippen LogP contribution in [0.5, 0.6) is 0 Å². The highest BCUT2D eigenvalue weighted by Crippen LogP contribution is 2.14. The molecule has 0 unspecified atom stereocenters. The summed E-state index contributed by atoms with van der Waals surface area (Å²) in [6.45, 7) is 4.13. The second-order valence-corrected chi connectivity index (χ2v) is 6.11. The summed E-state index contributed by atoms with van der Waals surface area (Å²) in [5.41, 5.74) is 0. The predicted octanol–water partition coefficient (Wildman–Crippen LogP) is 0.450. The van der Waals surface area contributed by atoms with E-state index in [0.29, 0.717) is 6.04 Å². The molecular weight excluding hydrogens is 218 g/mol. The van der Waals surface area contributed by atoms with Gasteiger partial charge in [-0.1, -0.05) is 6.92 Å². The first-order chi connectivity index (χ1) is 6.95. The van der Waals surface area contributed by atoms with Gasteiger partial charge in [-0.25, -0.2) is 9.79 Å². The fourth-order valence-corrected chi connectivity index (χ4v) is 3.05. The van der Waals surface area contributed by atoms with Gasteiger partial charge in [-0.15, -0.1) is 0 Å². The first-order valence-corrected chi connectivity index (χ1v) is 6.61. The molecule has 15 heavy (non-hydrogen) atoms. The van der Waals surface area contributed by atoms with E-state index in [2.05, 4.69) is 4.99 Å². The molecule has 0 spiro atoms. The van der Waals surface area contributed by atoms with Crippen LogP contribution in [0.2, 0.25) is 6.04 Å². The zero-order valence-electron chi connectivity index (χ0n) is 8.90. The van der Waals surface area contributed by atoms with Crippen LogP contribution in [0.15, 0.2) is 4.99 Å². The van der Waals surface area contributed by atoms with Gasteiger partial charge in [-0.05, 0) is 0 Å². The van der Waals surface area contributed by atoms with Crippen LogP contribution in [-0.2, 0) is 23.2 Å². The number of carbonyl (C=O) groups excluding carboxylic acids is 3. The molecule has 0 saturated carbocycles. The maximum atomic E-state index is 10.8. The first-order valence-electron chi connectivity index (χ1n) is 4.38. The van der Waals surface area contributed by atoms with Gasteiger partial charge >= 0.3 is 8.56 Å². The van der Waals surface area contributed by atoms with E-state index in [1.54, 1.807) is 6.92 Å². The lowest BCUT2D eigenvalue weighted by atomic mass is 10.9. The average Bonchev–Trinajstić information content (AvgIpc) is 2.12. The average molecular weight is 231 g/mol. The van der Waals surface area contributed by atoms with Gasteiger partial charge < -0.3 is 8.85 Å². The van der Waals surface area contributed by atoms with Crippen molar-refractivity contribution >= 4 is 26.6 Å². The third-order valence-electron chi connectivity index (χ3n) is 1.58. The monoisotopic (exact) mass is 231 g/mol. The molecule has 0 bridgehead atoms. The van der Waals surface area contributed by atoms with Crippen LogP contribution in [0.3, 0.4) is 0 Å². The second-order valence-electron chi connectivity index (χ2n) is 2.86. The molecule has 0 aromatic carbocycles. The summed E-state index contributed by atoms with van der Waals surface area (Å²) < 4.78 is 9.97. The summed E-state index contributed by atoms with van der Waals surface area (Å²) in [5.74, 6) is -1.10. The van der Waals surface area contributed by atoms with Crippen LogP contribution in [-0.4, -0.2) is 32.7 Å². The molecule has 0 aromatic heterocycles. The Hall–Kier alpha value is -1.46. The molecule has 6 nitrogen and oxygen atoms in total. The molecule has 0 radical (unpaired) electrons. The molecule has 0 saturated heterocycles. The lowest BCUT2D eigenvalue weighted by Gasteiger charge is -2.25. The number of isocyanates is 1. The highest BCUT2D eigenvalue weighted by Gasteiger charge is 2.42. The highest BCUT2D eigenvalue weighted by molar-refractivity contribution is 6.70. The molecular formula is C8H13NO5Si. The Morgan fingerprint density at radius 1 is 1.27 bits per heavy atom. The lowest BCUT2D eigenvalue weighted by molar-refractivity contribution is -0.139. The molecule has 0 aliphatic rings. The molecule has 0 atom stereocenters. The van der Waals surface area contributed by atoms with Crippen molar-refractivity contribution in [3.63, 3.8) is 0 Å². The minimum Gasteiger partial charge on any atom is -0.484 e. The van der Waals surface area contributed by atoms with E-state index in [1.165, 1.54) is 19.9 Å². The summed E-state index contributed by atoms with van der Waals surface area (Å²) >= 11 is 0. The van der Waals surface area contributed by atoms with Crippen LogP contribution >= 0.6 is 0 Å². The summed E-state index contributed by atoms with van der Waals surface area (Å²) in [5, 5.41) is 0. The van der Waals surface area contributed by atoms with Gasteiger partial charge in [0.05, 0.1) is 0 Å². The standard InChI is InChI=1S/C8H13NO5Si/c1-4-15(6-9-5-10,13-7(2)11)14-8(3)12/h4,6H2,1-3H3. The Bertz CT molecular complexity index is 273. The Kier molecular flexibility index (Phi) is 5.51. The van der Waals surface area contributed by atoms with Gasteiger partial charge in [0.15, 0.2) is 0 Å². The van der Waals surface area contributed by atoms with Crippen molar-refractivity contribution in [2.24, 2.45) is 4.99 Å². The largest absolute Gasteiger partial charge is 0.487 e. The van der Waals surface area contributed by atoms with Gasteiger partial charge in [0.25, 0.3) is 11.9 Å². The lowest BCUT2D eigenvalue weighted by Crippen LogP contribution is -2.47. The van der Waals surface area contributed by atoms with Gasteiger partial charge in [-0.3, -0.25) is 9.59 Å². The van der Waals surface area contributed by atoms with Gasteiger partial charge in [-0.2, -0.15) is 0 Å². The molecule has 84 valence electrons. The molecule has 0 rings (SSSR count). The summed E-state index contributed by atoms with van der Waals surface area (Å²) in [4.78, 5) is 35.0. The number of hydrogen-bond donors (Lipinski definition) is 0. The van der Waals surface area contributed by atoms with Crippen LogP contribution in [0, 0.1) is 0 Å². The smallest absolute Gasteiger partial charge is 0.484 e. The van der Waals surface area contributed by atoms with E-state index in [1.807, 2.05) is 0 Å². The number of nitrogens with zero attached hydrogens (tertiary/aromatic N) is 1. The zero-order chi connectivity index (χ0) is 11.9. The fraction of sp³-hybridized carbons (Fsp3) is 0.625. The van der Waals surface area contributed by atoms with E-state index >= 15 is 0 Å². The van der Waals surface area contributed by atoms with E-state index in [-0.39, 0.29) is 6.17 Å². The van der Waals surface area contributed by atoms with Crippen LogP contribution < -0.4 is 0 Å². The van der Waals surface area contributed by atoms with Crippen molar-refractivity contribution < 1.29 is 23.2 Å². The molecule has 0 fully saturated rings. The van der Waals surface area contributed by atoms with Gasteiger partial charge in [0, 0.05) is 19.9 Å².